The predicted molar refractivity (Wildman–Crippen MR) is 80.9 cm³/mol. The van der Waals surface area contributed by atoms with E-state index >= 15 is 0 Å². The van der Waals surface area contributed by atoms with Crippen molar-refractivity contribution in [1.82, 2.24) is 10.3 Å². The normalized spacial score (nSPS) is 11.9. The van der Waals surface area contributed by atoms with E-state index < -0.39 is 6.10 Å². The number of hydrogen-bond acceptors (Lipinski definition) is 4. The minimum absolute atomic E-state index is 0.0876. The Bertz CT molecular complexity index is 538. The fourth-order valence-electron chi connectivity index (χ4n) is 1.71. The van der Waals surface area contributed by atoms with Crippen LogP contribution in [0.1, 0.15) is 20.3 Å². The molecule has 0 saturated carbocycles. The van der Waals surface area contributed by atoms with Crippen molar-refractivity contribution in [3.63, 3.8) is 0 Å². The van der Waals surface area contributed by atoms with E-state index in [1.807, 2.05) is 36.6 Å². The molecule has 2 aromatic rings. The first-order chi connectivity index (χ1) is 9.70. The number of hydrogen-bond donors (Lipinski definition) is 1. The van der Waals surface area contributed by atoms with E-state index in [0.717, 1.165) is 17.7 Å². The zero-order valence-corrected chi connectivity index (χ0v) is 12.4. The van der Waals surface area contributed by atoms with Crippen molar-refractivity contribution in [3.8, 4) is 17.0 Å². The third kappa shape index (κ3) is 3.81. The lowest BCUT2D eigenvalue weighted by molar-refractivity contribution is -0.127. The molecule has 0 saturated heterocycles. The van der Waals surface area contributed by atoms with E-state index in [4.69, 9.17) is 4.74 Å². The second kappa shape index (κ2) is 7.05. The average molecular weight is 290 g/mol. The number of rotatable bonds is 6. The largest absolute Gasteiger partial charge is 0.481 e. The topological polar surface area (TPSA) is 51.2 Å². The van der Waals surface area contributed by atoms with Gasteiger partial charge in [0.2, 0.25) is 0 Å². The molecule has 1 aromatic carbocycles. The van der Waals surface area contributed by atoms with Gasteiger partial charge in [0, 0.05) is 17.5 Å². The summed E-state index contributed by atoms with van der Waals surface area (Å²) in [6.45, 7) is 4.44. The summed E-state index contributed by atoms with van der Waals surface area (Å²) in [6.07, 6.45) is 0.424. The molecule has 4 nitrogen and oxygen atoms in total. The Morgan fingerprint density at radius 1 is 1.40 bits per heavy atom. The first-order valence-corrected chi connectivity index (χ1v) is 7.58. The van der Waals surface area contributed by atoms with E-state index in [0.29, 0.717) is 12.3 Å². The predicted octanol–water partition coefficient (Wildman–Crippen LogP) is 3.10. The van der Waals surface area contributed by atoms with Crippen molar-refractivity contribution in [2.45, 2.75) is 26.4 Å². The number of benzene rings is 1. The van der Waals surface area contributed by atoms with Crippen LogP contribution >= 0.6 is 11.3 Å². The molecule has 0 aliphatic carbocycles. The maximum absolute atomic E-state index is 11.7. The van der Waals surface area contributed by atoms with Crippen molar-refractivity contribution in [1.29, 1.82) is 0 Å². The molecule has 1 aromatic heterocycles. The van der Waals surface area contributed by atoms with Crippen molar-refractivity contribution in [2.75, 3.05) is 6.54 Å². The van der Waals surface area contributed by atoms with Crippen LogP contribution in [0.4, 0.5) is 0 Å². The Morgan fingerprint density at radius 2 is 2.15 bits per heavy atom. The molecular weight excluding hydrogens is 272 g/mol. The van der Waals surface area contributed by atoms with Gasteiger partial charge in [-0.05, 0) is 37.6 Å². The van der Waals surface area contributed by atoms with E-state index in [1.165, 1.54) is 0 Å². The Labute approximate surface area is 122 Å². The summed E-state index contributed by atoms with van der Waals surface area (Å²) in [5.74, 6) is 0.596. The molecule has 20 heavy (non-hydrogen) atoms. The number of carbonyl (C=O) groups is 1. The third-order valence-corrected chi connectivity index (χ3v) is 3.40. The SMILES string of the molecule is CCCNC(=O)[C@@H](C)Oc1ccc(-c2cscn2)cc1. The van der Waals surface area contributed by atoms with Gasteiger partial charge in [-0.2, -0.15) is 0 Å². The molecule has 0 spiro atoms. The lowest BCUT2D eigenvalue weighted by Gasteiger charge is -2.14. The van der Waals surface area contributed by atoms with E-state index in [2.05, 4.69) is 10.3 Å². The van der Waals surface area contributed by atoms with Gasteiger partial charge in [-0.15, -0.1) is 11.3 Å². The van der Waals surface area contributed by atoms with Gasteiger partial charge >= 0.3 is 0 Å². The van der Waals surface area contributed by atoms with Crippen LogP contribution in [0.15, 0.2) is 35.2 Å². The summed E-state index contributed by atoms with van der Waals surface area (Å²) in [5, 5.41) is 4.81. The van der Waals surface area contributed by atoms with Gasteiger partial charge in [0.15, 0.2) is 6.10 Å². The lowest BCUT2D eigenvalue weighted by atomic mass is 10.2. The van der Waals surface area contributed by atoms with Crippen LogP contribution in [0, 0.1) is 0 Å². The number of aromatic nitrogens is 1. The second-order valence-corrected chi connectivity index (χ2v) is 5.17. The molecule has 5 heteroatoms. The fraction of sp³-hybridized carbons (Fsp3) is 0.333. The molecule has 0 unspecified atom stereocenters. The molecular formula is C15H18N2O2S. The third-order valence-electron chi connectivity index (χ3n) is 2.81. The summed E-state index contributed by atoms with van der Waals surface area (Å²) in [4.78, 5) is 16.0. The highest BCUT2D eigenvalue weighted by Crippen LogP contribution is 2.22. The molecule has 1 N–H and O–H groups in total. The van der Waals surface area contributed by atoms with E-state index in [1.54, 1.807) is 23.8 Å². The summed E-state index contributed by atoms with van der Waals surface area (Å²) in [5.41, 5.74) is 3.80. The molecule has 106 valence electrons. The van der Waals surface area contributed by atoms with Crippen LogP contribution in [-0.2, 0) is 4.79 Å². The van der Waals surface area contributed by atoms with Crippen LogP contribution in [0.3, 0.4) is 0 Å². The molecule has 0 fully saturated rings. The van der Waals surface area contributed by atoms with Crippen LogP contribution < -0.4 is 10.1 Å². The highest BCUT2D eigenvalue weighted by Gasteiger charge is 2.13. The van der Waals surface area contributed by atoms with Gasteiger partial charge in [0.05, 0.1) is 11.2 Å². The van der Waals surface area contributed by atoms with Crippen molar-refractivity contribution < 1.29 is 9.53 Å². The minimum Gasteiger partial charge on any atom is -0.481 e. The van der Waals surface area contributed by atoms with Gasteiger partial charge in [-0.3, -0.25) is 4.79 Å². The van der Waals surface area contributed by atoms with Gasteiger partial charge < -0.3 is 10.1 Å². The van der Waals surface area contributed by atoms with E-state index in [-0.39, 0.29) is 5.91 Å². The molecule has 1 amide bonds. The lowest BCUT2D eigenvalue weighted by Crippen LogP contribution is -2.36. The van der Waals surface area contributed by atoms with E-state index in [9.17, 15) is 4.79 Å². The fourth-order valence-corrected chi connectivity index (χ4v) is 2.27. The van der Waals surface area contributed by atoms with Crippen molar-refractivity contribution in [3.05, 3.63) is 35.2 Å². The molecule has 0 bridgehead atoms. The Balaban J connectivity index is 1.95. The number of nitrogens with one attached hydrogen (secondary N) is 1. The quantitative estimate of drug-likeness (QED) is 0.889. The van der Waals surface area contributed by atoms with Crippen LogP contribution in [0.25, 0.3) is 11.3 Å². The second-order valence-electron chi connectivity index (χ2n) is 4.45. The zero-order chi connectivity index (χ0) is 14.4. The molecule has 0 aliphatic rings. The Morgan fingerprint density at radius 3 is 2.75 bits per heavy atom. The van der Waals surface area contributed by atoms with Gasteiger partial charge in [0.1, 0.15) is 5.75 Å². The number of amides is 1. The van der Waals surface area contributed by atoms with Gasteiger partial charge in [0.25, 0.3) is 5.91 Å². The minimum atomic E-state index is -0.494. The number of nitrogens with zero attached hydrogens (tertiary/aromatic N) is 1. The zero-order valence-electron chi connectivity index (χ0n) is 11.6. The highest BCUT2D eigenvalue weighted by molar-refractivity contribution is 7.07. The molecule has 1 atom stereocenters. The summed E-state index contributed by atoms with van der Waals surface area (Å²) in [6, 6.07) is 7.61. The van der Waals surface area contributed by atoms with Crippen LogP contribution in [0.5, 0.6) is 5.75 Å². The van der Waals surface area contributed by atoms with Gasteiger partial charge in [-0.25, -0.2) is 4.98 Å². The average Bonchev–Trinajstić information content (AvgIpc) is 2.99. The highest BCUT2D eigenvalue weighted by atomic mass is 32.1. The smallest absolute Gasteiger partial charge is 0.260 e. The number of thiazole rings is 1. The standard InChI is InChI=1S/C15H18N2O2S/c1-3-8-16-15(18)11(2)19-13-6-4-12(5-7-13)14-9-20-10-17-14/h4-7,9-11H,3,8H2,1-2H3,(H,16,18)/t11-/m1/s1. The molecule has 0 aliphatic heterocycles. The first kappa shape index (κ1) is 14.5. The molecule has 2 rings (SSSR count). The Kier molecular flexibility index (Phi) is 5.12. The maximum Gasteiger partial charge on any atom is 0.260 e. The van der Waals surface area contributed by atoms with Gasteiger partial charge in [-0.1, -0.05) is 6.92 Å². The van der Waals surface area contributed by atoms with Crippen LogP contribution in [0.2, 0.25) is 0 Å². The Hall–Kier alpha value is -1.88. The maximum atomic E-state index is 11.7. The monoisotopic (exact) mass is 290 g/mol. The molecule has 0 radical (unpaired) electrons. The number of carbonyl (C=O) groups excluding carboxylic acids is 1. The molecule has 1 heterocycles. The van der Waals surface area contributed by atoms with Crippen molar-refractivity contribution in [2.24, 2.45) is 0 Å². The first-order valence-electron chi connectivity index (χ1n) is 6.63. The van der Waals surface area contributed by atoms with Crippen molar-refractivity contribution >= 4 is 17.2 Å². The number of ether oxygens (including phenoxy) is 1. The summed E-state index contributed by atoms with van der Waals surface area (Å²) in [7, 11) is 0. The summed E-state index contributed by atoms with van der Waals surface area (Å²) < 4.78 is 5.62. The van der Waals surface area contributed by atoms with Crippen LogP contribution in [-0.4, -0.2) is 23.5 Å². The summed E-state index contributed by atoms with van der Waals surface area (Å²) >= 11 is 1.57.